The van der Waals surface area contributed by atoms with Crippen LogP contribution < -0.4 is 0 Å². The predicted octanol–water partition coefficient (Wildman–Crippen LogP) is 3.94. The number of aliphatic hydroxyl groups is 1. The van der Waals surface area contributed by atoms with Gasteiger partial charge in [-0.05, 0) is 31.9 Å². The molecule has 0 aliphatic carbocycles. The van der Waals surface area contributed by atoms with Gasteiger partial charge in [-0.15, -0.1) is 0 Å². The van der Waals surface area contributed by atoms with Gasteiger partial charge in [0, 0.05) is 19.1 Å². The molecule has 0 bridgehead atoms. The minimum atomic E-state index is -0.445. The van der Waals surface area contributed by atoms with Crippen LogP contribution in [0.25, 0.3) is 0 Å². The summed E-state index contributed by atoms with van der Waals surface area (Å²) in [5.74, 6) is 0. The van der Waals surface area contributed by atoms with Gasteiger partial charge in [0.05, 0.1) is 6.10 Å². The highest BCUT2D eigenvalue weighted by Gasteiger charge is 2.16. The summed E-state index contributed by atoms with van der Waals surface area (Å²) in [5, 5.41) is 10.4. The highest BCUT2D eigenvalue weighted by atomic mass is 16.3. The second kappa shape index (κ2) is 7.39. The Hall–Kier alpha value is -1.64. The lowest BCUT2D eigenvalue weighted by molar-refractivity contribution is 0.0908. The second-order valence-electron chi connectivity index (χ2n) is 5.94. The molecule has 1 atom stereocenters. The first kappa shape index (κ1) is 15.7. The molecule has 0 radical (unpaired) electrons. The number of benzene rings is 2. The molecule has 2 nitrogen and oxygen atoms in total. The van der Waals surface area contributed by atoms with Crippen LogP contribution in [0, 0.1) is 6.92 Å². The average Bonchev–Trinajstić information content (AvgIpc) is 2.49. The van der Waals surface area contributed by atoms with Gasteiger partial charge in [0.2, 0.25) is 0 Å². The zero-order chi connectivity index (χ0) is 15.2. The average molecular weight is 283 g/mol. The van der Waals surface area contributed by atoms with Crippen LogP contribution in [0.2, 0.25) is 0 Å². The molecule has 0 saturated heterocycles. The number of aryl methyl sites for hydroxylation is 1. The van der Waals surface area contributed by atoms with Crippen molar-refractivity contribution in [1.82, 2.24) is 4.90 Å². The maximum absolute atomic E-state index is 10.4. The summed E-state index contributed by atoms with van der Waals surface area (Å²) < 4.78 is 0. The maximum atomic E-state index is 10.4. The van der Waals surface area contributed by atoms with E-state index in [0.717, 1.165) is 12.1 Å². The summed E-state index contributed by atoms with van der Waals surface area (Å²) in [6.07, 6.45) is -0.445. The fraction of sp³-hybridized carbons (Fsp3) is 0.368. The molecule has 2 aromatic carbocycles. The number of rotatable bonds is 6. The van der Waals surface area contributed by atoms with Crippen LogP contribution in [0.15, 0.2) is 54.6 Å². The van der Waals surface area contributed by atoms with Crippen molar-refractivity contribution in [2.24, 2.45) is 0 Å². The van der Waals surface area contributed by atoms with E-state index in [0.29, 0.717) is 12.6 Å². The normalized spacial score (nSPS) is 12.9. The summed E-state index contributed by atoms with van der Waals surface area (Å²) in [7, 11) is 0. The highest BCUT2D eigenvalue weighted by molar-refractivity contribution is 5.21. The van der Waals surface area contributed by atoms with Gasteiger partial charge in [0.1, 0.15) is 0 Å². The van der Waals surface area contributed by atoms with Crippen LogP contribution >= 0.6 is 0 Å². The van der Waals surface area contributed by atoms with Crippen molar-refractivity contribution < 1.29 is 5.11 Å². The van der Waals surface area contributed by atoms with Gasteiger partial charge in [0.25, 0.3) is 0 Å². The predicted molar refractivity (Wildman–Crippen MR) is 88.1 cm³/mol. The first-order valence-corrected chi connectivity index (χ1v) is 7.59. The molecule has 0 heterocycles. The van der Waals surface area contributed by atoms with Crippen LogP contribution in [0.4, 0.5) is 0 Å². The van der Waals surface area contributed by atoms with Crippen LogP contribution in [-0.2, 0) is 6.54 Å². The van der Waals surface area contributed by atoms with Gasteiger partial charge in [-0.2, -0.15) is 0 Å². The SMILES string of the molecule is Cc1ccc(CN(CC(O)c2ccccc2)C(C)C)cc1. The monoisotopic (exact) mass is 283 g/mol. The summed E-state index contributed by atoms with van der Waals surface area (Å²) in [6.45, 7) is 7.96. The number of nitrogens with zero attached hydrogens (tertiary/aromatic N) is 1. The van der Waals surface area contributed by atoms with Crippen molar-refractivity contribution in [3.8, 4) is 0 Å². The van der Waals surface area contributed by atoms with E-state index in [-0.39, 0.29) is 0 Å². The summed E-state index contributed by atoms with van der Waals surface area (Å²) >= 11 is 0. The Balaban J connectivity index is 2.04. The number of hydrogen-bond acceptors (Lipinski definition) is 2. The van der Waals surface area contributed by atoms with Gasteiger partial charge in [-0.3, -0.25) is 4.90 Å². The molecule has 21 heavy (non-hydrogen) atoms. The molecule has 0 saturated carbocycles. The minimum Gasteiger partial charge on any atom is -0.387 e. The molecule has 0 fully saturated rings. The lowest BCUT2D eigenvalue weighted by atomic mass is 10.1. The number of aliphatic hydroxyl groups excluding tert-OH is 1. The second-order valence-corrected chi connectivity index (χ2v) is 5.94. The van der Waals surface area contributed by atoms with Crippen molar-refractivity contribution in [2.75, 3.05) is 6.54 Å². The molecule has 1 unspecified atom stereocenters. The topological polar surface area (TPSA) is 23.5 Å². The third-order valence-corrected chi connectivity index (χ3v) is 3.83. The molecule has 2 heteroatoms. The summed E-state index contributed by atoms with van der Waals surface area (Å²) in [4.78, 5) is 2.31. The quantitative estimate of drug-likeness (QED) is 0.868. The van der Waals surface area contributed by atoms with Gasteiger partial charge in [0.15, 0.2) is 0 Å². The zero-order valence-electron chi connectivity index (χ0n) is 13.2. The van der Waals surface area contributed by atoms with Crippen molar-refractivity contribution >= 4 is 0 Å². The smallest absolute Gasteiger partial charge is 0.0917 e. The Kier molecular flexibility index (Phi) is 5.54. The molecule has 2 aromatic rings. The zero-order valence-corrected chi connectivity index (χ0v) is 13.2. The fourth-order valence-electron chi connectivity index (χ4n) is 2.39. The van der Waals surface area contributed by atoms with Crippen LogP contribution in [0.5, 0.6) is 0 Å². The third kappa shape index (κ3) is 4.69. The molecule has 0 spiro atoms. The molecule has 0 aliphatic rings. The van der Waals surface area contributed by atoms with E-state index in [1.54, 1.807) is 0 Å². The maximum Gasteiger partial charge on any atom is 0.0917 e. The lowest BCUT2D eigenvalue weighted by Crippen LogP contribution is -2.34. The van der Waals surface area contributed by atoms with E-state index in [2.05, 4.69) is 49.9 Å². The third-order valence-electron chi connectivity index (χ3n) is 3.83. The minimum absolute atomic E-state index is 0.393. The lowest BCUT2D eigenvalue weighted by Gasteiger charge is -2.29. The molecule has 1 N–H and O–H groups in total. The van der Waals surface area contributed by atoms with E-state index >= 15 is 0 Å². The standard InChI is InChI=1S/C19H25NO/c1-15(2)20(13-17-11-9-16(3)10-12-17)14-19(21)18-7-5-4-6-8-18/h4-12,15,19,21H,13-14H2,1-3H3. The number of hydrogen-bond donors (Lipinski definition) is 1. The van der Waals surface area contributed by atoms with Crippen LogP contribution in [0.1, 0.15) is 36.6 Å². The molecule has 112 valence electrons. The van der Waals surface area contributed by atoms with Crippen molar-refractivity contribution in [3.63, 3.8) is 0 Å². The first-order chi connectivity index (χ1) is 10.1. The van der Waals surface area contributed by atoms with Crippen molar-refractivity contribution in [2.45, 2.75) is 39.5 Å². The molecular formula is C19H25NO. The van der Waals surface area contributed by atoms with Gasteiger partial charge >= 0.3 is 0 Å². The Morgan fingerprint density at radius 3 is 2.14 bits per heavy atom. The van der Waals surface area contributed by atoms with E-state index in [1.807, 2.05) is 30.3 Å². The molecular weight excluding hydrogens is 258 g/mol. The van der Waals surface area contributed by atoms with Crippen molar-refractivity contribution in [1.29, 1.82) is 0 Å². The summed E-state index contributed by atoms with van der Waals surface area (Å²) in [6, 6.07) is 18.9. The largest absolute Gasteiger partial charge is 0.387 e. The Morgan fingerprint density at radius 1 is 0.952 bits per heavy atom. The molecule has 0 aliphatic heterocycles. The summed E-state index contributed by atoms with van der Waals surface area (Å²) in [5.41, 5.74) is 3.54. The van der Waals surface area contributed by atoms with Gasteiger partial charge in [-0.1, -0.05) is 60.2 Å². The van der Waals surface area contributed by atoms with Crippen molar-refractivity contribution in [3.05, 3.63) is 71.3 Å². The Morgan fingerprint density at radius 2 is 1.57 bits per heavy atom. The van der Waals surface area contributed by atoms with Gasteiger partial charge in [-0.25, -0.2) is 0 Å². The molecule has 0 aromatic heterocycles. The van der Waals surface area contributed by atoms with E-state index in [4.69, 9.17) is 0 Å². The van der Waals surface area contributed by atoms with Gasteiger partial charge < -0.3 is 5.11 Å². The molecule has 2 rings (SSSR count). The Bertz CT molecular complexity index is 533. The van der Waals surface area contributed by atoms with Crippen LogP contribution in [-0.4, -0.2) is 22.6 Å². The first-order valence-electron chi connectivity index (χ1n) is 7.59. The van der Waals surface area contributed by atoms with E-state index in [9.17, 15) is 5.11 Å². The Labute approximate surface area is 128 Å². The van der Waals surface area contributed by atoms with E-state index in [1.165, 1.54) is 11.1 Å². The highest BCUT2D eigenvalue weighted by Crippen LogP contribution is 2.17. The fourth-order valence-corrected chi connectivity index (χ4v) is 2.39. The van der Waals surface area contributed by atoms with Crippen LogP contribution in [0.3, 0.4) is 0 Å². The van der Waals surface area contributed by atoms with E-state index < -0.39 is 6.10 Å². The molecule has 0 amide bonds.